The van der Waals surface area contributed by atoms with E-state index in [4.69, 9.17) is 17.3 Å². The molecule has 98 valence electrons. The zero-order valence-electron chi connectivity index (χ0n) is 10.4. The molecule has 6 heteroatoms. The highest BCUT2D eigenvalue weighted by Crippen LogP contribution is 2.36. The topological polar surface area (TPSA) is 54.5 Å². The largest absolute Gasteiger partial charge is 0.369 e. The standard InChI is InChI=1S/C13H13ClN4S/c1-8-7-19-12(17-8)11-6-16-13(15)18(11)10-5-3-2-4-9(10)14/h2-5,7,11H,6H2,1H3,(H2,15,16). The average molecular weight is 293 g/mol. The number of nitrogens with two attached hydrogens (primary N) is 1. The lowest BCUT2D eigenvalue weighted by Gasteiger charge is -2.25. The maximum Gasteiger partial charge on any atom is 0.196 e. The van der Waals surface area contributed by atoms with Crippen molar-refractivity contribution >= 4 is 34.6 Å². The highest BCUT2D eigenvalue weighted by Gasteiger charge is 2.31. The van der Waals surface area contributed by atoms with Crippen LogP contribution in [0.2, 0.25) is 5.02 Å². The summed E-state index contributed by atoms with van der Waals surface area (Å²) in [7, 11) is 0. The Kier molecular flexibility index (Phi) is 3.16. The number of anilines is 1. The number of thiazole rings is 1. The van der Waals surface area contributed by atoms with E-state index in [9.17, 15) is 0 Å². The summed E-state index contributed by atoms with van der Waals surface area (Å²) < 4.78 is 0. The van der Waals surface area contributed by atoms with E-state index in [1.54, 1.807) is 11.3 Å². The van der Waals surface area contributed by atoms with E-state index in [1.807, 2.05) is 41.5 Å². The van der Waals surface area contributed by atoms with E-state index in [2.05, 4.69) is 9.98 Å². The molecule has 0 saturated heterocycles. The Morgan fingerprint density at radius 1 is 1.42 bits per heavy atom. The summed E-state index contributed by atoms with van der Waals surface area (Å²) in [6, 6.07) is 7.68. The number of aromatic nitrogens is 1. The number of aryl methyl sites for hydroxylation is 1. The van der Waals surface area contributed by atoms with Crippen molar-refractivity contribution in [2.24, 2.45) is 10.7 Å². The van der Waals surface area contributed by atoms with Crippen molar-refractivity contribution in [3.63, 3.8) is 0 Å². The minimum absolute atomic E-state index is 0.0404. The van der Waals surface area contributed by atoms with Crippen molar-refractivity contribution in [2.45, 2.75) is 13.0 Å². The summed E-state index contributed by atoms with van der Waals surface area (Å²) in [5, 5.41) is 3.72. The molecule has 0 spiro atoms. The molecule has 2 heterocycles. The van der Waals surface area contributed by atoms with Crippen LogP contribution >= 0.6 is 22.9 Å². The van der Waals surface area contributed by atoms with Crippen LogP contribution in [0.1, 0.15) is 16.7 Å². The molecule has 1 atom stereocenters. The van der Waals surface area contributed by atoms with Crippen molar-refractivity contribution in [2.75, 3.05) is 11.4 Å². The number of para-hydroxylation sites is 1. The number of halogens is 1. The quantitative estimate of drug-likeness (QED) is 0.926. The molecule has 1 aromatic heterocycles. The number of hydrogen-bond acceptors (Lipinski definition) is 5. The maximum atomic E-state index is 6.26. The molecule has 1 aliphatic rings. The highest BCUT2D eigenvalue weighted by molar-refractivity contribution is 7.09. The van der Waals surface area contributed by atoms with Gasteiger partial charge in [-0.15, -0.1) is 11.3 Å². The maximum absolute atomic E-state index is 6.26. The van der Waals surface area contributed by atoms with Crippen LogP contribution < -0.4 is 10.6 Å². The van der Waals surface area contributed by atoms with Crippen LogP contribution in [0, 0.1) is 6.92 Å². The molecular weight excluding hydrogens is 280 g/mol. The van der Waals surface area contributed by atoms with Gasteiger partial charge in [0.05, 0.1) is 17.3 Å². The first-order valence-corrected chi connectivity index (χ1v) is 7.18. The lowest BCUT2D eigenvalue weighted by atomic mass is 10.2. The molecule has 0 saturated carbocycles. The van der Waals surface area contributed by atoms with Crippen LogP contribution in [0.15, 0.2) is 34.6 Å². The Hall–Kier alpha value is -1.59. The molecule has 4 nitrogen and oxygen atoms in total. The molecular formula is C13H13ClN4S. The molecule has 3 rings (SSSR count). The molecule has 0 radical (unpaired) electrons. The highest BCUT2D eigenvalue weighted by atomic mass is 35.5. The fourth-order valence-electron chi connectivity index (χ4n) is 2.15. The third-order valence-corrected chi connectivity index (χ3v) is 4.40. The summed E-state index contributed by atoms with van der Waals surface area (Å²) in [5.74, 6) is 0.492. The third kappa shape index (κ3) is 2.19. The number of rotatable bonds is 2. The van der Waals surface area contributed by atoms with Crippen molar-refractivity contribution in [3.05, 3.63) is 45.4 Å². The smallest absolute Gasteiger partial charge is 0.196 e. The van der Waals surface area contributed by atoms with Gasteiger partial charge in [-0.1, -0.05) is 23.7 Å². The van der Waals surface area contributed by atoms with Crippen molar-refractivity contribution < 1.29 is 0 Å². The van der Waals surface area contributed by atoms with Crippen LogP contribution in [0.4, 0.5) is 5.69 Å². The minimum atomic E-state index is 0.0404. The number of benzene rings is 1. The van der Waals surface area contributed by atoms with Crippen molar-refractivity contribution in [1.82, 2.24) is 4.98 Å². The zero-order chi connectivity index (χ0) is 13.4. The summed E-state index contributed by atoms with van der Waals surface area (Å²) >= 11 is 7.89. The van der Waals surface area contributed by atoms with E-state index in [0.29, 0.717) is 17.5 Å². The second-order valence-electron chi connectivity index (χ2n) is 4.36. The molecule has 1 unspecified atom stereocenters. The van der Waals surface area contributed by atoms with Crippen LogP contribution in [-0.4, -0.2) is 17.5 Å². The van der Waals surface area contributed by atoms with Crippen molar-refractivity contribution in [3.8, 4) is 0 Å². The number of nitrogens with zero attached hydrogens (tertiary/aromatic N) is 3. The Balaban J connectivity index is 2.02. The van der Waals surface area contributed by atoms with E-state index in [1.165, 1.54) is 0 Å². The van der Waals surface area contributed by atoms with E-state index >= 15 is 0 Å². The Morgan fingerprint density at radius 3 is 2.89 bits per heavy atom. The van der Waals surface area contributed by atoms with E-state index in [0.717, 1.165) is 16.4 Å². The van der Waals surface area contributed by atoms with Gasteiger partial charge in [-0.3, -0.25) is 9.89 Å². The number of hydrogen-bond donors (Lipinski definition) is 1. The van der Waals surface area contributed by atoms with Gasteiger partial charge in [0, 0.05) is 11.1 Å². The summed E-state index contributed by atoms with van der Waals surface area (Å²) in [4.78, 5) is 10.8. The minimum Gasteiger partial charge on any atom is -0.369 e. The molecule has 1 aliphatic heterocycles. The molecule has 19 heavy (non-hydrogen) atoms. The number of aliphatic imine (C=N–C) groups is 1. The molecule has 2 N–H and O–H groups in total. The third-order valence-electron chi connectivity index (χ3n) is 3.02. The lowest BCUT2D eigenvalue weighted by molar-refractivity contribution is 0.758. The molecule has 0 fully saturated rings. The first-order valence-electron chi connectivity index (χ1n) is 5.92. The van der Waals surface area contributed by atoms with Gasteiger partial charge in [0.1, 0.15) is 11.0 Å². The van der Waals surface area contributed by atoms with Gasteiger partial charge in [-0.25, -0.2) is 4.98 Å². The van der Waals surface area contributed by atoms with Gasteiger partial charge >= 0.3 is 0 Å². The van der Waals surface area contributed by atoms with Crippen LogP contribution in [-0.2, 0) is 0 Å². The van der Waals surface area contributed by atoms with E-state index < -0.39 is 0 Å². The van der Waals surface area contributed by atoms with Gasteiger partial charge in [0.25, 0.3) is 0 Å². The predicted molar refractivity (Wildman–Crippen MR) is 80.0 cm³/mol. The predicted octanol–water partition coefficient (Wildman–Crippen LogP) is 2.98. The van der Waals surface area contributed by atoms with Gasteiger partial charge in [0.15, 0.2) is 5.96 Å². The molecule has 0 bridgehead atoms. The second-order valence-corrected chi connectivity index (χ2v) is 5.66. The monoisotopic (exact) mass is 292 g/mol. The lowest BCUT2D eigenvalue weighted by Crippen LogP contribution is -2.36. The summed E-state index contributed by atoms with van der Waals surface area (Å²) in [5.41, 5.74) is 7.90. The van der Waals surface area contributed by atoms with Gasteiger partial charge in [-0.2, -0.15) is 0 Å². The van der Waals surface area contributed by atoms with Gasteiger partial charge in [0.2, 0.25) is 0 Å². The van der Waals surface area contributed by atoms with Crippen molar-refractivity contribution in [1.29, 1.82) is 0 Å². The SMILES string of the molecule is Cc1csc(C2CN=C(N)N2c2ccccc2Cl)n1. The van der Waals surface area contributed by atoms with Crippen LogP contribution in [0.3, 0.4) is 0 Å². The first-order chi connectivity index (χ1) is 9.16. The van der Waals surface area contributed by atoms with E-state index in [-0.39, 0.29) is 6.04 Å². The average Bonchev–Trinajstić information content (AvgIpc) is 2.96. The molecule has 1 aromatic carbocycles. The molecule has 2 aromatic rings. The zero-order valence-corrected chi connectivity index (χ0v) is 11.9. The van der Waals surface area contributed by atoms with Crippen LogP contribution in [0.5, 0.6) is 0 Å². The molecule has 0 aliphatic carbocycles. The number of guanidine groups is 1. The fourth-order valence-corrected chi connectivity index (χ4v) is 3.25. The van der Waals surface area contributed by atoms with Gasteiger partial charge in [-0.05, 0) is 19.1 Å². The molecule has 0 amide bonds. The fraction of sp³-hybridized carbons (Fsp3) is 0.231. The summed E-state index contributed by atoms with van der Waals surface area (Å²) in [6.07, 6.45) is 0. The van der Waals surface area contributed by atoms with Crippen LogP contribution in [0.25, 0.3) is 0 Å². The second kappa shape index (κ2) is 4.83. The Labute approximate surface area is 120 Å². The first kappa shape index (κ1) is 12.4. The van der Waals surface area contributed by atoms with Gasteiger partial charge < -0.3 is 5.73 Å². The normalized spacial score (nSPS) is 18.7. The Bertz CT molecular complexity index is 637. The summed E-state index contributed by atoms with van der Waals surface area (Å²) in [6.45, 7) is 2.60. The Morgan fingerprint density at radius 2 is 2.21 bits per heavy atom.